The summed E-state index contributed by atoms with van der Waals surface area (Å²) in [4.78, 5) is 25.3. The Morgan fingerprint density at radius 2 is 1.83 bits per heavy atom. The van der Waals surface area contributed by atoms with E-state index in [-0.39, 0.29) is 11.6 Å². The number of non-ortho nitro benzene ring substituents is 1. The number of allylic oxidation sites excluding steroid dienone is 1. The van der Waals surface area contributed by atoms with Gasteiger partial charge in [0.15, 0.2) is 5.11 Å². The van der Waals surface area contributed by atoms with Gasteiger partial charge in [0.05, 0.1) is 23.6 Å². The van der Waals surface area contributed by atoms with Crippen molar-refractivity contribution in [1.82, 2.24) is 10.2 Å². The van der Waals surface area contributed by atoms with Gasteiger partial charge in [-0.3, -0.25) is 14.9 Å². The summed E-state index contributed by atoms with van der Waals surface area (Å²) < 4.78 is 5.13. The van der Waals surface area contributed by atoms with E-state index in [2.05, 4.69) is 10.6 Å². The van der Waals surface area contributed by atoms with E-state index in [1.54, 1.807) is 55.5 Å². The average molecular weight is 412 g/mol. The molecule has 1 atom stereocenters. The number of amides is 1. The van der Waals surface area contributed by atoms with Crippen LogP contribution in [0.15, 0.2) is 59.8 Å². The number of benzene rings is 2. The second-order valence-corrected chi connectivity index (χ2v) is 6.86. The second kappa shape index (κ2) is 8.27. The Balaban J connectivity index is 1.94. The van der Waals surface area contributed by atoms with Crippen LogP contribution in [0.3, 0.4) is 0 Å². The van der Waals surface area contributed by atoms with Crippen LogP contribution in [0.1, 0.15) is 18.5 Å². The Labute approximate surface area is 173 Å². The fraction of sp³-hybridized carbons (Fsp3) is 0.200. The highest BCUT2D eigenvalue weighted by atomic mass is 32.1. The molecule has 0 radical (unpaired) electrons. The Morgan fingerprint density at radius 3 is 2.38 bits per heavy atom. The van der Waals surface area contributed by atoms with Gasteiger partial charge >= 0.3 is 0 Å². The molecule has 8 nitrogen and oxygen atoms in total. The number of nitrogens with one attached hydrogen (secondary N) is 2. The highest BCUT2D eigenvalue weighted by Crippen LogP contribution is 2.31. The summed E-state index contributed by atoms with van der Waals surface area (Å²) >= 11 is 5.37. The summed E-state index contributed by atoms with van der Waals surface area (Å²) in [5, 5.41) is 17.4. The molecule has 1 heterocycles. The lowest BCUT2D eigenvalue weighted by molar-refractivity contribution is -0.384. The standard InChI is InChI=1S/C20H20N4O4S/c1-12-17(19(25)21-14-6-10-16(28-3)11-7-14)18(22-20(29)23(12)2)13-4-8-15(9-5-13)24(26)27/h4-11,18H,1-3H3,(H,21,25)(H,22,29). The van der Waals surface area contributed by atoms with Crippen molar-refractivity contribution in [3.8, 4) is 5.75 Å². The normalized spacial score (nSPS) is 16.3. The Morgan fingerprint density at radius 1 is 1.21 bits per heavy atom. The van der Waals surface area contributed by atoms with Crippen molar-refractivity contribution in [1.29, 1.82) is 0 Å². The van der Waals surface area contributed by atoms with Gasteiger partial charge in [-0.15, -0.1) is 0 Å². The van der Waals surface area contributed by atoms with Gasteiger partial charge in [-0.25, -0.2) is 0 Å². The molecule has 3 rings (SSSR count). The largest absolute Gasteiger partial charge is 0.497 e. The molecule has 29 heavy (non-hydrogen) atoms. The summed E-state index contributed by atoms with van der Waals surface area (Å²) in [6.07, 6.45) is 0. The molecule has 0 spiro atoms. The van der Waals surface area contributed by atoms with Crippen molar-refractivity contribution < 1.29 is 14.5 Å². The number of carbonyl (C=O) groups excluding carboxylic acids is 1. The van der Waals surface area contributed by atoms with Crippen LogP contribution in [0.2, 0.25) is 0 Å². The highest BCUT2D eigenvalue weighted by molar-refractivity contribution is 7.80. The minimum absolute atomic E-state index is 0.0193. The van der Waals surface area contributed by atoms with E-state index in [9.17, 15) is 14.9 Å². The Kier molecular flexibility index (Phi) is 5.79. The molecule has 150 valence electrons. The zero-order valence-electron chi connectivity index (χ0n) is 16.1. The van der Waals surface area contributed by atoms with Crippen molar-refractivity contribution in [2.45, 2.75) is 13.0 Å². The van der Waals surface area contributed by atoms with E-state index < -0.39 is 11.0 Å². The van der Waals surface area contributed by atoms with E-state index in [4.69, 9.17) is 17.0 Å². The third-order valence-corrected chi connectivity index (χ3v) is 5.18. The third-order valence-electron chi connectivity index (χ3n) is 4.78. The SMILES string of the molecule is COc1ccc(NC(=O)C2=C(C)N(C)C(=S)NC2c2ccc([N+](=O)[O-])cc2)cc1. The van der Waals surface area contributed by atoms with E-state index >= 15 is 0 Å². The first-order chi connectivity index (χ1) is 13.8. The average Bonchev–Trinajstić information content (AvgIpc) is 2.72. The van der Waals surface area contributed by atoms with Crippen LogP contribution in [0.5, 0.6) is 5.75 Å². The van der Waals surface area contributed by atoms with Gasteiger partial charge < -0.3 is 20.3 Å². The van der Waals surface area contributed by atoms with Crippen LogP contribution in [0.4, 0.5) is 11.4 Å². The highest BCUT2D eigenvalue weighted by Gasteiger charge is 2.32. The van der Waals surface area contributed by atoms with Crippen molar-refractivity contribution >= 4 is 34.6 Å². The zero-order valence-corrected chi connectivity index (χ0v) is 16.9. The lowest BCUT2D eigenvalue weighted by atomic mass is 9.94. The molecule has 1 amide bonds. The number of hydrogen-bond donors (Lipinski definition) is 2. The molecule has 0 saturated heterocycles. The first-order valence-electron chi connectivity index (χ1n) is 8.76. The number of nitro groups is 1. The second-order valence-electron chi connectivity index (χ2n) is 6.47. The summed E-state index contributed by atoms with van der Waals surface area (Å²) in [5.74, 6) is 0.393. The zero-order chi connectivity index (χ0) is 21.1. The molecule has 2 aromatic carbocycles. The molecule has 2 aromatic rings. The van der Waals surface area contributed by atoms with Crippen molar-refractivity contribution in [3.63, 3.8) is 0 Å². The molecule has 9 heteroatoms. The maximum absolute atomic E-state index is 13.1. The van der Waals surface area contributed by atoms with E-state index in [0.717, 1.165) is 0 Å². The van der Waals surface area contributed by atoms with Crippen LogP contribution in [-0.2, 0) is 4.79 Å². The Bertz CT molecular complexity index is 987. The lowest BCUT2D eigenvalue weighted by Crippen LogP contribution is -2.46. The predicted octanol–water partition coefficient (Wildman–Crippen LogP) is 3.38. The minimum atomic E-state index is -0.530. The van der Waals surface area contributed by atoms with Gasteiger partial charge in [-0.05, 0) is 61.1 Å². The minimum Gasteiger partial charge on any atom is -0.497 e. The summed E-state index contributed by atoms with van der Waals surface area (Å²) in [5.41, 5.74) is 2.47. The molecular weight excluding hydrogens is 392 g/mol. The molecule has 1 unspecified atom stereocenters. The van der Waals surface area contributed by atoms with E-state index in [1.807, 2.05) is 6.92 Å². The Hall–Kier alpha value is -3.46. The van der Waals surface area contributed by atoms with Crippen LogP contribution in [0.25, 0.3) is 0 Å². The molecule has 1 aliphatic rings. The maximum Gasteiger partial charge on any atom is 0.269 e. The summed E-state index contributed by atoms with van der Waals surface area (Å²) in [7, 11) is 3.35. The first kappa shape index (κ1) is 20.3. The summed E-state index contributed by atoms with van der Waals surface area (Å²) in [6.45, 7) is 1.81. The van der Waals surface area contributed by atoms with Gasteiger partial charge in [0.1, 0.15) is 5.75 Å². The molecule has 0 bridgehead atoms. The van der Waals surface area contributed by atoms with Crippen LogP contribution < -0.4 is 15.4 Å². The third kappa shape index (κ3) is 4.19. The number of nitrogens with zero attached hydrogens (tertiary/aromatic N) is 2. The van der Waals surface area contributed by atoms with Gasteiger partial charge in [0.2, 0.25) is 0 Å². The molecule has 0 saturated carbocycles. The molecule has 0 fully saturated rings. The quantitative estimate of drug-likeness (QED) is 0.441. The van der Waals surface area contributed by atoms with Gasteiger partial charge in [0, 0.05) is 30.6 Å². The summed E-state index contributed by atoms with van der Waals surface area (Å²) in [6, 6.07) is 12.5. The first-order valence-corrected chi connectivity index (χ1v) is 9.17. The van der Waals surface area contributed by atoms with Gasteiger partial charge in [-0.1, -0.05) is 0 Å². The molecule has 0 aromatic heterocycles. The fourth-order valence-electron chi connectivity index (χ4n) is 3.04. The van der Waals surface area contributed by atoms with Crippen molar-refractivity contribution in [2.24, 2.45) is 0 Å². The van der Waals surface area contributed by atoms with Crippen LogP contribution in [0, 0.1) is 10.1 Å². The smallest absolute Gasteiger partial charge is 0.269 e. The van der Waals surface area contributed by atoms with Gasteiger partial charge in [0.25, 0.3) is 11.6 Å². The molecule has 1 aliphatic heterocycles. The maximum atomic E-state index is 13.1. The number of thiocarbonyl (C=S) groups is 1. The topological polar surface area (TPSA) is 96.7 Å². The lowest BCUT2D eigenvalue weighted by Gasteiger charge is -2.35. The number of carbonyl (C=O) groups is 1. The fourth-order valence-corrected chi connectivity index (χ4v) is 3.30. The van der Waals surface area contributed by atoms with E-state index in [1.165, 1.54) is 12.1 Å². The van der Waals surface area contributed by atoms with E-state index in [0.29, 0.717) is 33.4 Å². The number of ether oxygens (including phenoxy) is 1. The number of nitro benzene ring substituents is 1. The molecule has 2 N–H and O–H groups in total. The van der Waals surface area contributed by atoms with Crippen molar-refractivity contribution in [2.75, 3.05) is 19.5 Å². The van der Waals surface area contributed by atoms with Crippen LogP contribution in [-0.4, -0.2) is 35.0 Å². The van der Waals surface area contributed by atoms with Gasteiger partial charge in [-0.2, -0.15) is 0 Å². The molecule has 0 aliphatic carbocycles. The number of rotatable bonds is 5. The number of hydrogen-bond acceptors (Lipinski definition) is 5. The molecular formula is C20H20N4O4S. The number of anilines is 1. The van der Waals surface area contributed by atoms with Crippen molar-refractivity contribution in [3.05, 3.63) is 75.5 Å². The van der Waals surface area contributed by atoms with Crippen LogP contribution >= 0.6 is 12.2 Å². The number of methoxy groups -OCH3 is 1. The monoisotopic (exact) mass is 412 g/mol. The predicted molar refractivity (Wildman–Crippen MR) is 114 cm³/mol.